The van der Waals surface area contributed by atoms with E-state index in [0.29, 0.717) is 12.3 Å². The molecule has 0 fully saturated rings. The molecule has 2 N–H and O–H groups in total. The summed E-state index contributed by atoms with van der Waals surface area (Å²) >= 11 is 0. The number of anilines is 1. The number of amides is 2. The van der Waals surface area contributed by atoms with Crippen LogP contribution in [0.25, 0.3) is 0 Å². The Morgan fingerprint density at radius 3 is 2.59 bits per heavy atom. The molecule has 0 aliphatic heterocycles. The lowest BCUT2D eigenvalue weighted by Gasteiger charge is -2.08. The van der Waals surface area contributed by atoms with Gasteiger partial charge in [-0.15, -0.1) is 0 Å². The summed E-state index contributed by atoms with van der Waals surface area (Å²) in [6, 6.07) is 9.08. The quantitative estimate of drug-likeness (QED) is 0.416. The average Bonchev–Trinajstić information content (AvgIpc) is 3.53. The molecule has 10 heteroatoms. The number of aryl methyl sites for hydroxylation is 4. The number of nitrogens with zero attached hydrogens (tertiary/aromatic N) is 4. The van der Waals surface area contributed by atoms with Gasteiger partial charge in [0.1, 0.15) is 23.8 Å². The lowest BCUT2D eigenvalue weighted by Crippen LogP contribution is -2.26. The molecule has 0 aliphatic carbocycles. The van der Waals surface area contributed by atoms with Crippen LogP contribution in [0.3, 0.4) is 0 Å². The van der Waals surface area contributed by atoms with Crippen LogP contribution in [-0.4, -0.2) is 31.4 Å². The van der Waals surface area contributed by atoms with E-state index in [2.05, 4.69) is 20.8 Å². The third-order valence-corrected chi connectivity index (χ3v) is 5.36. The van der Waals surface area contributed by atoms with Crippen molar-refractivity contribution >= 4 is 17.5 Å². The predicted molar refractivity (Wildman–Crippen MR) is 124 cm³/mol. The highest BCUT2D eigenvalue weighted by Crippen LogP contribution is 2.20. The Balaban J connectivity index is 1.38. The van der Waals surface area contributed by atoms with Crippen LogP contribution in [0.15, 0.2) is 53.3 Å². The molecule has 34 heavy (non-hydrogen) atoms. The first-order valence-corrected chi connectivity index (χ1v) is 10.7. The van der Waals surface area contributed by atoms with Crippen molar-refractivity contribution in [3.63, 3.8) is 0 Å². The van der Waals surface area contributed by atoms with Gasteiger partial charge in [-0.2, -0.15) is 10.2 Å². The van der Waals surface area contributed by atoms with Crippen LogP contribution in [0.4, 0.5) is 5.69 Å². The van der Waals surface area contributed by atoms with Gasteiger partial charge >= 0.3 is 0 Å². The summed E-state index contributed by atoms with van der Waals surface area (Å²) in [5.41, 5.74) is 3.68. The average molecular weight is 463 g/mol. The topological polar surface area (TPSA) is 116 Å². The molecular weight excluding hydrogens is 436 g/mol. The molecule has 4 aromatic rings. The molecule has 0 saturated heterocycles. The Labute approximate surface area is 196 Å². The number of hydrogen-bond acceptors (Lipinski definition) is 6. The number of aromatic nitrogens is 4. The van der Waals surface area contributed by atoms with Crippen molar-refractivity contribution in [3.05, 3.63) is 82.8 Å². The van der Waals surface area contributed by atoms with Crippen molar-refractivity contribution < 1.29 is 18.7 Å². The molecule has 0 spiro atoms. The van der Waals surface area contributed by atoms with Crippen LogP contribution in [0.2, 0.25) is 0 Å². The van der Waals surface area contributed by atoms with Gasteiger partial charge in [0.15, 0.2) is 5.76 Å². The number of ether oxygens (including phenoxy) is 1. The maximum absolute atomic E-state index is 12.7. The molecule has 0 aliphatic rings. The van der Waals surface area contributed by atoms with E-state index in [4.69, 9.17) is 9.15 Å². The van der Waals surface area contributed by atoms with E-state index in [-0.39, 0.29) is 29.7 Å². The maximum atomic E-state index is 12.7. The Hall–Kier alpha value is -4.34. The third-order valence-electron chi connectivity index (χ3n) is 5.36. The lowest BCUT2D eigenvalue weighted by molar-refractivity contribution is 0.0942. The first-order chi connectivity index (χ1) is 16.3. The van der Waals surface area contributed by atoms with Crippen molar-refractivity contribution in [1.82, 2.24) is 24.9 Å². The Bertz CT molecular complexity index is 1330. The fourth-order valence-electron chi connectivity index (χ4n) is 3.35. The van der Waals surface area contributed by atoms with E-state index in [1.54, 1.807) is 37.1 Å². The fraction of sp³-hybridized carbons (Fsp3) is 0.250. The number of furan rings is 1. The zero-order chi connectivity index (χ0) is 24.2. The van der Waals surface area contributed by atoms with Gasteiger partial charge in [0.2, 0.25) is 0 Å². The van der Waals surface area contributed by atoms with Crippen LogP contribution in [-0.2, 0) is 27.2 Å². The van der Waals surface area contributed by atoms with Crippen molar-refractivity contribution in [2.75, 3.05) is 5.32 Å². The minimum absolute atomic E-state index is 0.101. The van der Waals surface area contributed by atoms with Gasteiger partial charge in [-0.25, -0.2) is 0 Å². The smallest absolute Gasteiger partial charge is 0.291 e. The van der Waals surface area contributed by atoms with Gasteiger partial charge in [0, 0.05) is 32.4 Å². The molecule has 10 nitrogen and oxygen atoms in total. The molecular formula is C24H26N6O4. The standard InChI is InChI=1S/C24H26N6O4/c1-15-5-6-18(9-16(15)2)33-14-19-7-8-21(34-19)23(31)28-20-12-27-30(4)22(20)24(32)25-10-17-11-26-29(3)13-17/h5-9,11-13H,10,14H2,1-4H3,(H,25,32)(H,28,31). The van der Waals surface area contributed by atoms with Crippen LogP contribution in [0.1, 0.15) is 43.5 Å². The fourth-order valence-corrected chi connectivity index (χ4v) is 3.35. The van der Waals surface area contributed by atoms with Crippen molar-refractivity contribution in [3.8, 4) is 5.75 Å². The van der Waals surface area contributed by atoms with Gasteiger partial charge in [-0.05, 0) is 49.2 Å². The summed E-state index contributed by atoms with van der Waals surface area (Å²) < 4.78 is 14.5. The summed E-state index contributed by atoms with van der Waals surface area (Å²) in [6.45, 7) is 4.54. The van der Waals surface area contributed by atoms with Gasteiger partial charge in [0.25, 0.3) is 11.8 Å². The second kappa shape index (κ2) is 9.65. The predicted octanol–water partition coefficient (Wildman–Crippen LogP) is 3.12. The van der Waals surface area contributed by atoms with E-state index in [1.807, 2.05) is 38.2 Å². The number of nitrogens with one attached hydrogen (secondary N) is 2. The Morgan fingerprint density at radius 1 is 1.03 bits per heavy atom. The van der Waals surface area contributed by atoms with Gasteiger partial charge in [-0.1, -0.05) is 6.07 Å². The molecule has 0 saturated carbocycles. The number of benzene rings is 1. The summed E-state index contributed by atoms with van der Waals surface area (Å²) in [4.78, 5) is 25.4. The van der Waals surface area contributed by atoms with Crippen molar-refractivity contribution in [1.29, 1.82) is 0 Å². The number of carbonyl (C=O) groups excluding carboxylic acids is 2. The van der Waals surface area contributed by atoms with Crippen molar-refractivity contribution in [2.45, 2.75) is 27.0 Å². The molecule has 1 aromatic carbocycles. The molecule has 176 valence electrons. The monoisotopic (exact) mass is 462 g/mol. The minimum atomic E-state index is -0.494. The van der Waals surface area contributed by atoms with E-state index >= 15 is 0 Å². The second-order valence-electron chi connectivity index (χ2n) is 7.99. The Morgan fingerprint density at radius 2 is 1.85 bits per heavy atom. The molecule has 0 atom stereocenters. The highest BCUT2D eigenvalue weighted by atomic mass is 16.5. The number of rotatable bonds is 8. The largest absolute Gasteiger partial charge is 0.486 e. The molecule has 4 rings (SSSR count). The van der Waals surface area contributed by atoms with E-state index in [0.717, 1.165) is 16.9 Å². The van der Waals surface area contributed by atoms with Crippen LogP contribution < -0.4 is 15.4 Å². The number of hydrogen-bond donors (Lipinski definition) is 2. The molecule has 2 amide bonds. The first kappa shape index (κ1) is 22.8. The van der Waals surface area contributed by atoms with E-state index in [9.17, 15) is 9.59 Å². The summed E-state index contributed by atoms with van der Waals surface area (Å²) in [5.74, 6) is 0.462. The van der Waals surface area contributed by atoms with Crippen molar-refractivity contribution in [2.24, 2.45) is 14.1 Å². The first-order valence-electron chi connectivity index (χ1n) is 10.7. The number of carbonyl (C=O) groups is 2. The molecule has 3 heterocycles. The zero-order valence-corrected chi connectivity index (χ0v) is 19.5. The van der Waals surface area contributed by atoms with E-state index < -0.39 is 5.91 Å². The third kappa shape index (κ3) is 5.17. The molecule has 3 aromatic heterocycles. The second-order valence-corrected chi connectivity index (χ2v) is 7.99. The molecule has 0 radical (unpaired) electrons. The summed E-state index contributed by atoms with van der Waals surface area (Å²) in [6.07, 6.45) is 4.90. The maximum Gasteiger partial charge on any atom is 0.291 e. The SMILES string of the molecule is Cc1ccc(OCc2ccc(C(=O)Nc3cnn(C)c3C(=O)NCc3cnn(C)c3)o2)cc1C. The normalized spacial score (nSPS) is 10.8. The highest BCUT2D eigenvalue weighted by Gasteiger charge is 2.21. The molecule has 0 unspecified atom stereocenters. The minimum Gasteiger partial charge on any atom is -0.486 e. The van der Waals surface area contributed by atoms with Gasteiger partial charge in [0.05, 0.1) is 18.1 Å². The highest BCUT2D eigenvalue weighted by molar-refractivity contribution is 6.07. The zero-order valence-electron chi connectivity index (χ0n) is 19.5. The Kier molecular flexibility index (Phi) is 6.48. The van der Waals surface area contributed by atoms with E-state index in [1.165, 1.54) is 16.4 Å². The van der Waals surface area contributed by atoms with Gasteiger partial charge < -0.3 is 19.8 Å². The van der Waals surface area contributed by atoms with Crippen LogP contribution in [0.5, 0.6) is 5.75 Å². The molecule has 0 bridgehead atoms. The van der Waals surface area contributed by atoms with Crippen LogP contribution >= 0.6 is 0 Å². The lowest BCUT2D eigenvalue weighted by atomic mass is 10.1. The van der Waals surface area contributed by atoms with Gasteiger partial charge in [-0.3, -0.25) is 19.0 Å². The summed E-state index contributed by atoms with van der Waals surface area (Å²) in [7, 11) is 3.43. The van der Waals surface area contributed by atoms with Crippen LogP contribution in [0, 0.1) is 13.8 Å². The summed E-state index contributed by atoms with van der Waals surface area (Å²) in [5, 5.41) is 13.7.